The van der Waals surface area contributed by atoms with Gasteiger partial charge in [-0.2, -0.15) is 0 Å². The van der Waals surface area contributed by atoms with Crippen LogP contribution in [-0.4, -0.2) is 4.57 Å². The van der Waals surface area contributed by atoms with E-state index in [9.17, 15) is 0 Å². The van der Waals surface area contributed by atoms with Crippen molar-refractivity contribution in [3.8, 4) is 0 Å². The quantitative estimate of drug-likeness (QED) is 0.704. The lowest BCUT2D eigenvalue weighted by Crippen LogP contribution is -1.82. The van der Waals surface area contributed by atoms with E-state index in [1.165, 1.54) is 22.0 Å². The molecular formula is C14H17N. The van der Waals surface area contributed by atoms with Gasteiger partial charge in [0.2, 0.25) is 0 Å². The van der Waals surface area contributed by atoms with Gasteiger partial charge in [-0.3, -0.25) is 0 Å². The van der Waals surface area contributed by atoms with Crippen molar-refractivity contribution >= 4 is 16.5 Å². The number of aryl methyl sites for hydroxylation is 1. The van der Waals surface area contributed by atoms with E-state index in [0.29, 0.717) is 0 Å². The zero-order valence-electron chi connectivity index (χ0n) is 9.46. The first kappa shape index (κ1) is 10.0. The summed E-state index contributed by atoms with van der Waals surface area (Å²) in [6, 6.07) is 8.49. The number of hydrogen-bond acceptors (Lipinski definition) is 0. The Morgan fingerprint density at radius 2 is 2.07 bits per heavy atom. The third-order valence-electron chi connectivity index (χ3n) is 2.83. The van der Waals surface area contributed by atoms with Crippen LogP contribution in [0.2, 0.25) is 0 Å². The van der Waals surface area contributed by atoms with Crippen LogP contribution in [0.25, 0.3) is 16.5 Å². The number of para-hydroxylation sites is 1. The average molecular weight is 199 g/mol. The van der Waals surface area contributed by atoms with Crippen LogP contribution in [0.1, 0.15) is 25.3 Å². The van der Waals surface area contributed by atoms with Gasteiger partial charge in [-0.25, -0.2) is 0 Å². The summed E-state index contributed by atoms with van der Waals surface area (Å²) >= 11 is 0. The summed E-state index contributed by atoms with van der Waals surface area (Å²) in [6.07, 6.45) is 4.42. The maximum Gasteiger partial charge on any atom is 0.0484 e. The molecule has 1 heteroatoms. The molecule has 1 aromatic heterocycles. The molecule has 0 fully saturated rings. The van der Waals surface area contributed by atoms with Crippen LogP contribution in [0, 0.1) is 0 Å². The van der Waals surface area contributed by atoms with E-state index in [-0.39, 0.29) is 0 Å². The summed E-state index contributed by atoms with van der Waals surface area (Å²) in [4.78, 5) is 0. The van der Waals surface area contributed by atoms with E-state index in [0.717, 1.165) is 12.8 Å². The number of benzene rings is 1. The molecule has 0 aliphatic carbocycles. The third-order valence-corrected chi connectivity index (χ3v) is 2.83. The first-order valence-corrected chi connectivity index (χ1v) is 5.46. The second-order valence-corrected chi connectivity index (χ2v) is 4.02. The fourth-order valence-electron chi connectivity index (χ4n) is 2.06. The lowest BCUT2D eigenvalue weighted by molar-refractivity contribution is 0.955. The normalized spacial score (nSPS) is 10.8. The molecule has 0 atom stereocenters. The van der Waals surface area contributed by atoms with E-state index in [1.807, 2.05) is 0 Å². The molecule has 78 valence electrons. The van der Waals surface area contributed by atoms with Crippen molar-refractivity contribution in [1.82, 2.24) is 4.57 Å². The van der Waals surface area contributed by atoms with E-state index in [4.69, 9.17) is 0 Å². The number of hydrogen-bond donors (Lipinski definition) is 0. The van der Waals surface area contributed by atoms with Gasteiger partial charge in [0, 0.05) is 29.7 Å². The summed E-state index contributed by atoms with van der Waals surface area (Å²) in [5.41, 5.74) is 3.83. The Balaban J connectivity index is 2.57. The molecule has 0 spiro atoms. The van der Waals surface area contributed by atoms with E-state index in [1.54, 1.807) is 0 Å². The summed E-state index contributed by atoms with van der Waals surface area (Å²) in [5.74, 6) is 0. The molecule has 0 radical (unpaired) electrons. The highest BCUT2D eigenvalue weighted by atomic mass is 14.9. The van der Waals surface area contributed by atoms with E-state index < -0.39 is 0 Å². The van der Waals surface area contributed by atoms with Crippen LogP contribution in [0.3, 0.4) is 0 Å². The summed E-state index contributed by atoms with van der Waals surface area (Å²) in [6.45, 7) is 6.36. The topological polar surface area (TPSA) is 4.93 Å². The molecule has 0 aliphatic rings. The smallest absolute Gasteiger partial charge is 0.0484 e. The molecular weight excluding hydrogens is 182 g/mol. The third kappa shape index (κ3) is 1.70. The van der Waals surface area contributed by atoms with Crippen molar-refractivity contribution in [1.29, 1.82) is 0 Å². The molecule has 2 rings (SSSR count). The summed E-state index contributed by atoms with van der Waals surface area (Å²) < 4.78 is 2.17. The van der Waals surface area contributed by atoms with Crippen molar-refractivity contribution in [3.63, 3.8) is 0 Å². The Hall–Kier alpha value is -1.50. The number of allylic oxidation sites excluding steroid dienone is 1. The second kappa shape index (κ2) is 3.93. The highest BCUT2D eigenvalue weighted by molar-refractivity contribution is 5.92. The number of nitrogens with zero attached hydrogens (tertiary/aromatic N) is 1. The first-order chi connectivity index (χ1) is 7.24. The summed E-state index contributed by atoms with van der Waals surface area (Å²) in [7, 11) is 2.09. The van der Waals surface area contributed by atoms with Crippen LogP contribution in [0.5, 0.6) is 0 Å². The van der Waals surface area contributed by atoms with Gasteiger partial charge in [0.1, 0.15) is 0 Å². The Bertz CT molecular complexity index is 491. The van der Waals surface area contributed by atoms with Crippen LogP contribution in [-0.2, 0) is 7.05 Å². The number of rotatable bonds is 3. The van der Waals surface area contributed by atoms with E-state index in [2.05, 4.69) is 55.6 Å². The molecule has 0 saturated carbocycles. The van der Waals surface area contributed by atoms with Gasteiger partial charge in [-0.15, -0.1) is 0 Å². The fraction of sp³-hybridized carbons (Fsp3) is 0.286. The van der Waals surface area contributed by atoms with Crippen molar-refractivity contribution < 1.29 is 0 Å². The minimum atomic E-state index is 1.08. The van der Waals surface area contributed by atoms with Gasteiger partial charge in [0.25, 0.3) is 0 Å². The predicted molar refractivity (Wildman–Crippen MR) is 66.9 cm³/mol. The van der Waals surface area contributed by atoms with Gasteiger partial charge in [0.15, 0.2) is 0 Å². The average Bonchev–Trinajstić information content (AvgIpc) is 2.58. The Kier molecular flexibility index (Phi) is 2.63. The Morgan fingerprint density at radius 3 is 2.80 bits per heavy atom. The fourth-order valence-corrected chi connectivity index (χ4v) is 2.06. The van der Waals surface area contributed by atoms with Crippen molar-refractivity contribution in [2.45, 2.75) is 19.8 Å². The molecule has 0 bridgehead atoms. The van der Waals surface area contributed by atoms with Gasteiger partial charge in [-0.05, 0) is 18.1 Å². The standard InChI is InChI=1S/C14H17N/c1-4-7-11(2)13-10-15(3)14-9-6-5-8-12(13)14/h5-6,8-10H,2,4,7H2,1,3H3. The lowest BCUT2D eigenvalue weighted by Gasteiger charge is -2.01. The minimum Gasteiger partial charge on any atom is -0.350 e. The highest BCUT2D eigenvalue weighted by Crippen LogP contribution is 2.27. The summed E-state index contributed by atoms with van der Waals surface area (Å²) in [5, 5.41) is 1.32. The van der Waals surface area contributed by atoms with Crippen molar-refractivity contribution in [2.75, 3.05) is 0 Å². The lowest BCUT2D eigenvalue weighted by atomic mass is 10.0. The predicted octanol–water partition coefficient (Wildman–Crippen LogP) is 3.99. The monoisotopic (exact) mass is 199 g/mol. The Morgan fingerprint density at radius 1 is 1.33 bits per heavy atom. The zero-order valence-corrected chi connectivity index (χ0v) is 9.46. The number of fused-ring (bicyclic) bond motifs is 1. The molecule has 0 unspecified atom stereocenters. The molecule has 0 aliphatic heterocycles. The molecule has 2 aromatic rings. The first-order valence-electron chi connectivity index (χ1n) is 5.46. The molecule has 1 heterocycles. The van der Waals surface area contributed by atoms with Crippen molar-refractivity contribution in [2.24, 2.45) is 7.05 Å². The maximum absolute atomic E-state index is 4.16. The molecule has 0 amide bonds. The molecule has 1 nitrogen and oxygen atoms in total. The van der Waals surface area contributed by atoms with Crippen molar-refractivity contribution in [3.05, 3.63) is 42.6 Å². The minimum absolute atomic E-state index is 1.08. The van der Waals surface area contributed by atoms with Crippen LogP contribution < -0.4 is 0 Å². The van der Waals surface area contributed by atoms with E-state index >= 15 is 0 Å². The zero-order chi connectivity index (χ0) is 10.8. The molecule has 0 N–H and O–H groups in total. The Labute approximate surface area is 91.0 Å². The van der Waals surface area contributed by atoms with Gasteiger partial charge >= 0.3 is 0 Å². The van der Waals surface area contributed by atoms with Crippen LogP contribution in [0.15, 0.2) is 37.0 Å². The molecule has 1 aromatic carbocycles. The molecule has 0 saturated heterocycles. The largest absolute Gasteiger partial charge is 0.350 e. The number of aromatic nitrogens is 1. The van der Waals surface area contributed by atoms with Crippen LogP contribution in [0.4, 0.5) is 0 Å². The highest BCUT2D eigenvalue weighted by Gasteiger charge is 2.07. The second-order valence-electron chi connectivity index (χ2n) is 4.02. The van der Waals surface area contributed by atoms with Gasteiger partial charge < -0.3 is 4.57 Å². The van der Waals surface area contributed by atoms with Gasteiger partial charge in [-0.1, -0.05) is 38.1 Å². The molecule has 15 heavy (non-hydrogen) atoms. The SMILES string of the molecule is C=C(CCC)c1cn(C)c2ccccc12. The van der Waals surface area contributed by atoms with Gasteiger partial charge in [0.05, 0.1) is 0 Å². The maximum atomic E-state index is 4.16. The van der Waals surface area contributed by atoms with Crippen LogP contribution >= 0.6 is 0 Å².